The van der Waals surface area contributed by atoms with E-state index in [1.54, 1.807) is 0 Å². The SMILES string of the molecule is CC1CC(NCCCC(N)=O)CS1. The third-order valence-electron chi connectivity index (χ3n) is 2.23. The van der Waals surface area contributed by atoms with Crippen molar-refractivity contribution in [2.24, 2.45) is 5.73 Å². The van der Waals surface area contributed by atoms with Gasteiger partial charge in [-0.1, -0.05) is 6.92 Å². The van der Waals surface area contributed by atoms with Crippen LogP contribution in [0.3, 0.4) is 0 Å². The standard InChI is InChI=1S/C9H18N2OS/c1-7-5-8(6-13-7)11-4-2-3-9(10)12/h7-8,11H,2-6H2,1H3,(H2,10,12). The van der Waals surface area contributed by atoms with Crippen LogP contribution in [0.25, 0.3) is 0 Å². The fraction of sp³-hybridized carbons (Fsp3) is 0.889. The molecular weight excluding hydrogens is 184 g/mol. The summed E-state index contributed by atoms with van der Waals surface area (Å²) in [4.78, 5) is 10.4. The molecule has 0 radical (unpaired) electrons. The number of primary amides is 1. The highest BCUT2D eigenvalue weighted by Crippen LogP contribution is 2.25. The molecule has 0 aliphatic carbocycles. The predicted molar refractivity (Wildman–Crippen MR) is 56.8 cm³/mol. The van der Waals surface area contributed by atoms with Gasteiger partial charge in [-0.05, 0) is 19.4 Å². The summed E-state index contributed by atoms with van der Waals surface area (Å²) in [6.45, 7) is 3.18. The van der Waals surface area contributed by atoms with Crippen LogP contribution < -0.4 is 11.1 Å². The van der Waals surface area contributed by atoms with E-state index in [0.717, 1.165) is 18.2 Å². The molecule has 2 atom stereocenters. The average Bonchev–Trinajstić information content (AvgIpc) is 2.45. The van der Waals surface area contributed by atoms with Crippen molar-refractivity contribution in [1.29, 1.82) is 0 Å². The normalized spacial score (nSPS) is 27.8. The summed E-state index contributed by atoms with van der Waals surface area (Å²) >= 11 is 2.02. The molecule has 3 nitrogen and oxygen atoms in total. The first-order chi connectivity index (χ1) is 6.18. The summed E-state index contributed by atoms with van der Waals surface area (Å²) in [6.07, 6.45) is 2.62. The van der Waals surface area contributed by atoms with Gasteiger partial charge in [-0.3, -0.25) is 4.79 Å². The lowest BCUT2D eigenvalue weighted by molar-refractivity contribution is -0.118. The van der Waals surface area contributed by atoms with Gasteiger partial charge in [-0.2, -0.15) is 11.8 Å². The lowest BCUT2D eigenvalue weighted by Gasteiger charge is -2.10. The van der Waals surface area contributed by atoms with Crippen molar-refractivity contribution in [2.75, 3.05) is 12.3 Å². The van der Waals surface area contributed by atoms with E-state index < -0.39 is 0 Å². The van der Waals surface area contributed by atoms with E-state index in [4.69, 9.17) is 5.73 Å². The van der Waals surface area contributed by atoms with Gasteiger partial charge in [0.2, 0.25) is 5.91 Å². The Balaban J connectivity index is 1.97. The summed E-state index contributed by atoms with van der Waals surface area (Å²) in [6, 6.07) is 0.646. The molecule has 1 aliphatic heterocycles. The van der Waals surface area contributed by atoms with Crippen molar-refractivity contribution < 1.29 is 4.79 Å². The molecule has 0 aromatic heterocycles. The summed E-state index contributed by atoms with van der Waals surface area (Å²) in [7, 11) is 0. The van der Waals surface area contributed by atoms with Crippen molar-refractivity contribution in [3.63, 3.8) is 0 Å². The Kier molecular flexibility index (Phi) is 4.59. The van der Waals surface area contributed by atoms with Crippen molar-refractivity contribution >= 4 is 17.7 Å². The van der Waals surface area contributed by atoms with E-state index in [0.29, 0.717) is 12.5 Å². The predicted octanol–water partition coefficient (Wildman–Crippen LogP) is 0.735. The lowest BCUT2D eigenvalue weighted by Crippen LogP contribution is -2.30. The molecule has 0 aromatic rings. The molecule has 0 bridgehead atoms. The van der Waals surface area contributed by atoms with Crippen molar-refractivity contribution in [2.45, 2.75) is 37.5 Å². The molecule has 1 heterocycles. The Labute approximate surface area is 83.8 Å². The monoisotopic (exact) mass is 202 g/mol. The first-order valence-electron chi connectivity index (χ1n) is 4.82. The summed E-state index contributed by atoms with van der Waals surface area (Å²) in [5, 5.41) is 4.22. The highest BCUT2D eigenvalue weighted by Gasteiger charge is 2.20. The van der Waals surface area contributed by atoms with Gasteiger partial charge in [0.15, 0.2) is 0 Å². The topological polar surface area (TPSA) is 55.1 Å². The molecule has 0 saturated carbocycles. The van der Waals surface area contributed by atoms with Crippen LogP contribution in [0.1, 0.15) is 26.2 Å². The van der Waals surface area contributed by atoms with Gasteiger partial charge in [0.05, 0.1) is 0 Å². The molecule has 0 spiro atoms. The zero-order valence-electron chi connectivity index (χ0n) is 8.08. The number of nitrogens with two attached hydrogens (primary N) is 1. The maximum absolute atomic E-state index is 10.4. The molecule has 1 saturated heterocycles. The van der Waals surface area contributed by atoms with E-state index in [1.165, 1.54) is 12.2 Å². The summed E-state index contributed by atoms with van der Waals surface area (Å²) in [5.41, 5.74) is 5.04. The second-order valence-electron chi connectivity index (χ2n) is 3.60. The molecule has 1 fully saturated rings. The van der Waals surface area contributed by atoms with Crippen LogP contribution in [-0.2, 0) is 4.79 Å². The highest BCUT2D eigenvalue weighted by atomic mass is 32.2. The highest BCUT2D eigenvalue weighted by molar-refractivity contribution is 8.00. The van der Waals surface area contributed by atoms with Crippen molar-refractivity contribution in [1.82, 2.24) is 5.32 Å². The molecule has 3 N–H and O–H groups in total. The van der Waals surface area contributed by atoms with Crippen molar-refractivity contribution in [3.05, 3.63) is 0 Å². The third kappa shape index (κ3) is 4.52. The molecular formula is C9H18N2OS. The largest absolute Gasteiger partial charge is 0.370 e. The molecule has 1 aliphatic rings. The van der Waals surface area contributed by atoms with Gasteiger partial charge in [0, 0.05) is 23.5 Å². The van der Waals surface area contributed by atoms with Gasteiger partial charge in [-0.25, -0.2) is 0 Å². The smallest absolute Gasteiger partial charge is 0.217 e. The quantitative estimate of drug-likeness (QED) is 0.646. The number of amides is 1. The van der Waals surface area contributed by atoms with Crippen LogP contribution in [-0.4, -0.2) is 29.5 Å². The Morgan fingerprint density at radius 2 is 2.46 bits per heavy atom. The average molecular weight is 202 g/mol. The number of thioether (sulfide) groups is 1. The number of hydrogen-bond donors (Lipinski definition) is 2. The second kappa shape index (κ2) is 5.50. The van der Waals surface area contributed by atoms with Crippen LogP contribution in [0.2, 0.25) is 0 Å². The Morgan fingerprint density at radius 3 is 3.00 bits per heavy atom. The summed E-state index contributed by atoms with van der Waals surface area (Å²) in [5.74, 6) is 1.01. The number of rotatable bonds is 5. The second-order valence-corrected chi connectivity index (χ2v) is 5.07. The van der Waals surface area contributed by atoms with Crippen LogP contribution in [0, 0.1) is 0 Å². The Bertz CT molecular complexity index is 175. The van der Waals surface area contributed by atoms with Gasteiger partial charge in [0.1, 0.15) is 0 Å². The lowest BCUT2D eigenvalue weighted by atomic mass is 10.2. The maximum atomic E-state index is 10.4. The van der Waals surface area contributed by atoms with E-state index >= 15 is 0 Å². The summed E-state index contributed by atoms with van der Waals surface area (Å²) < 4.78 is 0. The van der Waals surface area contributed by atoms with Crippen molar-refractivity contribution in [3.8, 4) is 0 Å². The van der Waals surface area contributed by atoms with Gasteiger partial charge in [-0.15, -0.1) is 0 Å². The molecule has 1 rings (SSSR count). The minimum atomic E-state index is -0.198. The zero-order chi connectivity index (χ0) is 9.68. The number of carbonyl (C=O) groups excluding carboxylic acids is 1. The van der Waals surface area contributed by atoms with Gasteiger partial charge in [0.25, 0.3) is 0 Å². The molecule has 0 aromatic carbocycles. The first-order valence-corrected chi connectivity index (χ1v) is 5.86. The minimum Gasteiger partial charge on any atom is -0.370 e. The van der Waals surface area contributed by atoms with E-state index in [9.17, 15) is 4.79 Å². The van der Waals surface area contributed by atoms with Crippen LogP contribution in [0.4, 0.5) is 0 Å². The fourth-order valence-electron chi connectivity index (χ4n) is 1.53. The zero-order valence-corrected chi connectivity index (χ0v) is 8.90. The van der Waals surface area contributed by atoms with Crippen LogP contribution >= 0.6 is 11.8 Å². The van der Waals surface area contributed by atoms with Crippen LogP contribution in [0.15, 0.2) is 0 Å². The number of carbonyl (C=O) groups is 1. The van der Waals surface area contributed by atoms with Gasteiger partial charge >= 0.3 is 0 Å². The molecule has 13 heavy (non-hydrogen) atoms. The molecule has 2 unspecified atom stereocenters. The van der Waals surface area contributed by atoms with E-state index in [2.05, 4.69) is 12.2 Å². The van der Waals surface area contributed by atoms with Crippen LogP contribution in [0.5, 0.6) is 0 Å². The molecule has 76 valence electrons. The first kappa shape index (κ1) is 10.9. The van der Waals surface area contributed by atoms with Gasteiger partial charge < -0.3 is 11.1 Å². The molecule has 4 heteroatoms. The van der Waals surface area contributed by atoms with E-state index in [-0.39, 0.29) is 5.91 Å². The number of nitrogens with one attached hydrogen (secondary N) is 1. The minimum absolute atomic E-state index is 0.198. The number of hydrogen-bond acceptors (Lipinski definition) is 3. The van der Waals surface area contributed by atoms with E-state index in [1.807, 2.05) is 11.8 Å². The Morgan fingerprint density at radius 1 is 1.69 bits per heavy atom. The molecule has 1 amide bonds. The fourth-order valence-corrected chi connectivity index (χ4v) is 2.71. The Hall–Kier alpha value is -0.220. The maximum Gasteiger partial charge on any atom is 0.217 e. The third-order valence-corrected chi connectivity index (χ3v) is 3.59.